The third-order valence-electron chi connectivity index (χ3n) is 16.8. The van der Waals surface area contributed by atoms with Crippen LogP contribution < -0.4 is 31.9 Å². The fourth-order valence-corrected chi connectivity index (χ4v) is 13.5. The molecule has 22 nitrogen and oxygen atoms in total. The number of unbranched alkanes of at least 4 members (excludes halogenated alkanes) is 3. The third-order valence-corrected chi connectivity index (χ3v) is 19.4. The van der Waals surface area contributed by atoms with E-state index in [1.165, 1.54) is 39.6 Å². The number of aromatic nitrogens is 6. The van der Waals surface area contributed by atoms with Gasteiger partial charge in [-0.25, -0.2) is 9.48 Å². The minimum atomic E-state index is -0.968. The summed E-state index contributed by atoms with van der Waals surface area (Å²) in [7, 11) is 0. The normalized spacial score (nSPS) is 16.0. The Kier molecular flexibility index (Phi) is 35.0. The van der Waals surface area contributed by atoms with Gasteiger partial charge in [-0.1, -0.05) is 106 Å². The van der Waals surface area contributed by atoms with Gasteiger partial charge in [-0.05, 0) is 148 Å². The molecule has 2 aliphatic heterocycles. The Bertz CT molecular complexity index is 3310. The van der Waals surface area contributed by atoms with Crippen molar-refractivity contribution in [1.29, 1.82) is 0 Å². The molecule has 5 aromatic rings. The number of hydrogen-bond acceptors (Lipinski definition) is 16. The number of nitrogens with zero attached hydrogens (tertiary/aromatic N) is 6. The predicted molar refractivity (Wildman–Crippen MR) is 381 cm³/mol. The first kappa shape index (κ1) is 76.7. The summed E-state index contributed by atoms with van der Waals surface area (Å²) in [5.41, 5.74) is 9.85. The molecule has 0 bridgehead atoms. The summed E-state index contributed by atoms with van der Waals surface area (Å²) in [4.78, 5) is 77.1. The number of ketones is 1. The van der Waals surface area contributed by atoms with Crippen molar-refractivity contribution in [3.63, 3.8) is 0 Å². The van der Waals surface area contributed by atoms with Crippen molar-refractivity contribution >= 4 is 59.0 Å². The van der Waals surface area contributed by atoms with Gasteiger partial charge in [0.1, 0.15) is 11.7 Å². The van der Waals surface area contributed by atoms with Gasteiger partial charge in [0.25, 0.3) is 5.91 Å². The van der Waals surface area contributed by atoms with Crippen molar-refractivity contribution in [2.75, 3.05) is 70.0 Å². The molecule has 4 atom stereocenters. The lowest BCUT2D eigenvalue weighted by Gasteiger charge is -2.18. The molecule has 2 fully saturated rings. The molecule has 5 heterocycles. The lowest BCUT2D eigenvalue weighted by Crippen LogP contribution is -2.49. The van der Waals surface area contributed by atoms with E-state index in [0.717, 1.165) is 121 Å². The van der Waals surface area contributed by atoms with Crippen molar-refractivity contribution in [2.45, 2.75) is 180 Å². The Morgan fingerprint density at radius 3 is 1.99 bits per heavy atom. The summed E-state index contributed by atoms with van der Waals surface area (Å²) in [6, 6.07) is 16.5. The number of urea groups is 1. The van der Waals surface area contributed by atoms with Crippen LogP contribution in [0.3, 0.4) is 0 Å². The molecule has 6 amide bonds. The summed E-state index contributed by atoms with van der Waals surface area (Å²) in [6.07, 6.45) is 32.9. The lowest BCUT2D eigenvalue weighted by molar-refractivity contribution is -0.123. The second-order valence-electron chi connectivity index (χ2n) is 24.9. The van der Waals surface area contributed by atoms with E-state index < -0.39 is 17.9 Å². The van der Waals surface area contributed by atoms with Crippen LogP contribution in [0.2, 0.25) is 0 Å². The number of ether oxygens (including phenoxy) is 3. The maximum absolute atomic E-state index is 13.6. The zero-order valence-electron chi connectivity index (χ0n) is 57.2. The first-order chi connectivity index (χ1) is 47.2. The first-order valence-electron chi connectivity index (χ1n) is 34.5. The number of aryl methyl sites for hydroxylation is 3. The number of amides is 6. The SMILES string of the molecule is C/C(=C\CC/C(C)=C/CCc1ccoc1)CC/C=C(\C)CC/C=C(\C)CCc1cn(CCCCCNC(=O)CSC[C@H](NC(=O)c2ccc(C(=O)c3ccccc3)cc2)C(=O)NCCOCCOCCOCCn2cc(CNC(=O)CCCC[C@@H]3SC[C@@H]4NC(=O)N[C@@H]43)nn2)nn1. The molecule has 0 aliphatic carbocycles. The van der Waals surface area contributed by atoms with Crippen molar-refractivity contribution in [3.8, 4) is 0 Å². The summed E-state index contributed by atoms with van der Waals surface area (Å²) in [6.45, 7) is 13.1. The smallest absolute Gasteiger partial charge is 0.315 e. The second-order valence-corrected chi connectivity index (χ2v) is 27.2. The molecule has 6 N–H and O–H groups in total. The van der Waals surface area contributed by atoms with E-state index in [-0.39, 0.29) is 72.5 Å². The monoisotopic (exact) mass is 1370 g/mol. The maximum atomic E-state index is 13.6. The highest BCUT2D eigenvalue weighted by atomic mass is 32.2. The Hall–Kier alpha value is -7.64. The van der Waals surface area contributed by atoms with Crippen LogP contribution in [0.4, 0.5) is 4.79 Å². The molecule has 0 radical (unpaired) electrons. The average molecular weight is 1370 g/mol. The molecule has 0 saturated carbocycles. The zero-order valence-corrected chi connectivity index (χ0v) is 58.8. The van der Waals surface area contributed by atoms with Crippen LogP contribution >= 0.6 is 23.5 Å². The van der Waals surface area contributed by atoms with Crippen LogP contribution in [0.25, 0.3) is 0 Å². The van der Waals surface area contributed by atoms with Crippen LogP contribution in [-0.2, 0) is 61.1 Å². The molecule has 0 spiro atoms. The summed E-state index contributed by atoms with van der Waals surface area (Å²) in [5, 5.41) is 35.0. The van der Waals surface area contributed by atoms with Crippen LogP contribution in [-0.4, -0.2) is 159 Å². The summed E-state index contributed by atoms with van der Waals surface area (Å²) < 4.78 is 25.8. The van der Waals surface area contributed by atoms with Crippen molar-refractivity contribution < 1.29 is 47.4 Å². The molecule has 7 rings (SSSR count). The van der Waals surface area contributed by atoms with Crippen LogP contribution in [0.1, 0.15) is 167 Å². The fraction of sp³-hybridized carbons (Fsp3) is 0.534. The quantitative estimate of drug-likeness (QED) is 0.00914. The molecule has 526 valence electrons. The number of benzene rings is 2. The molecular formula is C73H102N12O10S2. The number of fused-ring (bicyclic) bond motifs is 1. The lowest BCUT2D eigenvalue weighted by atomic mass is 10.0. The van der Waals surface area contributed by atoms with Gasteiger partial charge in [-0.15, -0.1) is 22.0 Å². The number of allylic oxidation sites excluding steroid dienone is 8. The van der Waals surface area contributed by atoms with Crippen molar-refractivity contribution in [2.24, 2.45) is 0 Å². The maximum Gasteiger partial charge on any atom is 0.315 e. The minimum absolute atomic E-state index is 0.0308. The van der Waals surface area contributed by atoms with E-state index in [4.69, 9.17) is 18.6 Å². The number of carbonyl (C=O) groups is 6. The van der Waals surface area contributed by atoms with Gasteiger partial charge in [-0.2, -0.15) is 11.8 Å². The molecule has 3 aromatic heterocycles. The van der Waals surface area contributed by atoms with Gasteiger partial charge in [0.15, 0.2) is 5.78 Å². The molecule has 0 unspecified atom stereocenters. The van der Waals surface area contributed by atoms with Crippen LogP contribution in [0.15, 0.2) is 137 Å². The highest BCUT2D eigenvalue weighted by Crippen LogP contribution is 2.33. The molecule has 2 aliphatic rings. The zero-order chi connectivity index (χ0) is 68.7. The van der Waals surface area contributed by atoms with Gasteiger partial charge in [0.05, 0.1) is 95.0 Å². The standard InChI is InChI=1S/C73H102N12O10S2/c1-54(19-14-20-56(3)23-16-24-58-35-40-95-50-58)17-13-18-55(2)21-15-22-57(4)29-34-62-48-84(82-80-62)38-12-6-11-36-74-68(87)53-96-51-65(77-71(89)61-32-30-60(31-33-61)70(88)59-25-7-5-8-26-59)72(90)75-37-41-92-43-45-94-46-44-93-42-39-85-49-63(81-83-85)47-76-67(86)28-10-9-27-66-69-64(52-97-66)78-73(91)79-69/h5,7-8,18-19,22-23,25-26,30-33,35,40,48-50,64-66,69H,6,9-17,20-21,24,27-29,34,36-39,41-47,51-53H2,1-4H3,(H,74,87)(H,75,90)(H,76,86)(H,77,89)(H2,78,79,91)/b54-19+,55-18+,56-23+,57-22+/t64-,65-,66-,69-/m0/s1. The van der Waals surface area contributed by atoms with Crippen LogP contribution in [0.5, 0.6) is 0 Å². The van der Waals surface area contributed by atoms with E-state index in [1.54, 1.807) is 65.7 Å². The number of rotatable bonds is 49. The van der Waals surface area contributed by atoms with E-state index in [2.05, 4.69) is 105 Å². The number of furan rings is 1. The number of carbonyl (C=O) groups excluding carboxylic acids is 6. The summed E-state index contributed by atoms with van der Waals surface area (Å²) >= 11 is 3.12. The fourth-order valence-electron chi connectivity index (χ4n) is 11.1. The third kappa shape index (κ3) is 30.3. The van der Waals surface area contributed by atoms with E-state index in [9.17, 15) is 28.8 Å². The number of nitrogens with one attached hydrogen (secondary N) is 6. The van der Waals surface area contributed by atoms with Crippen LogP contribution in [0, 0.1) is 0 Å². The topological polar surface area (TPSA) is 277 Å². The molecule has 97 heavy (non-hydrogen) atoms. The average Bonchev–Trinajstić information content (AvgIpc) is 1.69. The minimum Gasteiger partial charge on any atom is -0.472 e. The number of hydrogen-bond donors (Lipinski definition) is 6. The van der Waals surface area contributed by atoms with Gasteiger partial charge >= 0.3 is 6.03 Å². The first-order valence-corrected chi connectivity index (χ1v) is 36.7. The van der Waals surface area contributed by atoms with Gasteiger partial charge in [0.2, 0.25) is 17.7 Å². The van der Waals surface area contributed by atoms with Crippen molar-refractivity contribution in [3.05, 3.63) is 166 Å². The van der Waals surface area contributed by atoms with Gasteiger partial charge in [-0.3, -0.25) is 28.7 Å². The van der Waals surface area contributed by atoms with Crippen molar-refractivity contribution in [1.82, 2.24) is 61.9 Å². The van der Waals surface area contributed by atoms with Gasteiger partial charge < -0.3 is 50.5 Å². The van der Waals surface area contributed by atoms with E-state index >= 15 is 0 Å². The Morgan fingerprint density at radius 1 is 0.639 bits per heavy atom. The second kappa shape index (κ2) is 44.3. The largest absolute Gasteiger partial charge is 0.472 e. The van der Waals surface area contributed by atoms with Gasteiger partial charge in [0, 0.05) is 65.7 Å². The van der Waals surface area contributed by atoms with E-state index in [1.807, 2.05) is 41.0 Å². The Labute approximate surface area is 580 Å². The Morgan fingerprint density at radius 2 is 1.28 bits per heavy atom. The molecule has 2 aromatic carbocycles. The highest BCUT2D eigenvalue weighted by molar-refractivity contribution is 8.00. The summed E-state index contributed by atoms with van der Waals surface area (Å²) in [5.74, 6) is -0.127. The van der Waals surface area contributed by atoms with E-state index in [0.29, 0.717) is 74.6 Å². The Balaban J connectivity index is 0.703. The molecular weight excluding hydrogens is 1270 g/mol. The predicted octanol–water partition coefficient (Wildman–Crippen LogP) is 10.4. The molecule has 24 heteroatoms. The number of thioether (sulfide) groups is 2. The molecule has 2 saturated heterocycles. The highest BCUT2D eigenvalue weighted by Gasteiger charge is 2.42.